The molecule has 0 aliphatic carbocycles. The van der Waals surface area contributed by atoms with Gasteiger partial charge in [0.05, 0.1) is 11.9 Å². The largest absolute Gasteiger partial charge is 0.383 e. The van der Waals surface area contributed by atoms with E-state index in [1.807, 2.05) is 37.3 Å². The van der Waals surface area contributed by atoms with Crippen molar-refractivity contribution in [3.63, 3.8) is 0 Å². The van der Waals surface area contributed by atoms with Crippen molar-refractivity contribution in [2.75, 3.05) is 12.3 Å². The molecule has 2 rings (SSSR count). The zero-order chi connectivity index (χ0) is 12.3. The molecular formula is C12H14N4O. The van der Waals surface area contributed by atoms with Crippen LogP contribution in [0.25, 0.3) is 5.69 Å². The Morgan fingerprint density at radius 3 is 2.76 bits per heavy atom. The van der Waals surface area contributed by atoms with Gasteiger partial charge in [0.15, 0.2) is 0 Å². The molecule has 0 radical (unpaired) electrons. The number of hydrogen-bond donors (Lipinski definition) is 2. The summed E-state index contributed by atoms with van der Waals surface area (Å²) < 4.78 is 1.55. The van der Waals surface area contributed by atoms with E-state index in [1.165, 1.54) is 6.20 Å². The molecular weight excluding hydrogens is 216 g/mol. The minimum atomic E-state index is -0.202. The van der Waals surface area contributed by atoms with Gasteiger partial charge in [0.2, 0.25) is 0 Å². The van der Waals surface area contributed by atoms with Gasteiger partial charge < -0.3 is 11.1 Å². The predicted octanol–water partition coefficient (Wildman–Crippen LogP) is 1.20. The Kier molecular flexibility index (Phi) is 3.09. The lowest BCUT2D eigenvalue weighted by molar-refractivity contribution is 0.0956. The van der Waals surface area contributed by atoms with E-state index in [0.29, 0.717) is 17.9 Å². The number of nitrogens with two attached hydrogens (primary N) is 1. The van der Waals surface area contributed by atoms with Gasteiger partial charge in [0, 0.05) is 6.54 Å². The lowest BCUT2D eigenvalue weighted by atomic mass is 10.3. The quantitative estimate of drug-likeness (QED) is 0.832. The van der Waals surface area contributed by atoms with Crippen LogP contribution >= 0.6 is 0 Å². The van der Waals surface area contributed by atoms with E-state index in [-0.39, 0.29) is 5.91 Å². The lowest BCUT2D eigenvalue weighted by Gasteiger charge is -2.04. The van der Waals surface area contributed by atoms with Crippen molar-refractivity contribution in [1.29, 1.82) is 0 Å². The first kappa shape index (κ1) is 11.2. The lowest BCUT2D eigenvalue weighted by Crippen LogP contribution is -2.23. The normalized spacial score (nSPS) is 10.2. The van der Waals surface area contributed by atoms with E-state index in [1.54, 1.807) is 4.68 Å². The van der Waals surface area contributed by atoms with Crippen LogP contribution in [0.3, 0.4) is 0 Å². The fourth-order valence-corrected chi connectivity index (χ4v) is 1.56. The van der Waals surface area contributed by atoms with Crippen LogP contribution in [0.5, 0.6) is 0 Å². The maximum atomic E-state index is 11.7. The van der Waals surface area contributed by atoms with Crippen LogP contribution < -0.4 is 11.1 Å². The summed E-state index contributed by atoms with van der Waals surface area (Å²) in [6.45, 7) is 2.42. The van der Waals surface area contributed by atoms with Gasteiger partial charge in [-0.2, -0.15) is 5.10 Å². The Morgan fingerprint density at radius 2 is 2.12 bits per heavy atom. The molecule has 1 aromatic carbocycles. The standard InChI is InChI=1S/C12H14N4O/c1-2-14-12(17)10-8-15-16(11(10)13)9-6-4-3-5-7-9/h3-8H,2,13H2,1H3,(H,14,17). The molecule has 0 spiro atoms. The van der Waals surface area contributed by atoms with Crippen LogP contribution in [0.1, 0.15) is 17.3 Å². The van der Waals surface area contributed by atoms with Crippen molar-refractivity contribution in [2.45, 2.75) is 6.92 Å². The van der Waals surface area contributed by atoms with Gasteiger partial charge in [-0.05, 0) is 19.1 Å². The SMILES string of the molecule is CCNC(=O)c1cnn(-c2ccccc2)c1N. The number of nitrogens with one attached hydrogen (secondary N) is 1. The van der Waals surface area contributed by atoms with Crippen LogP contribution in [0.15, 0.2) is 36.5 Å². The number of para-hydroxylation sites is 1. The van der Waals surface area contributed by atoms with Crippen molar-refractivity contribution in [3.05, 3.63) is 42.1 Å². The average Bonchev–Trinajstić information content (AvgIpc) is 2.72. The van der Waals surface area contributed by atoms with Gasteiger partial charge in [-0.3, -0.25) is 4.79 Å². The summed E-state index contributed by atoms with van der Waals surface area (Å²) in [4.78, 5) is 11.7. The van der Waals surface area contributed by atoms with Crippen LogP contribution in [0, 0.1) is 0 Å². The number of benzene rings is 1. The number of hydrogen-bond acceptors (Lipinski definition) is 3. The molecule has 5 heteroatoms. The second-order valence-electron chi connectivity index (χ2n) is 3.55. The molecule has 1 amide bonds. The number of rotatable bonds is 3. The van der Waals surface area contributed by atoms with E-state index < -0.39 is 0 Å². The van der Waals surface area contributed by atoms with Crippen molar-refractivity contribution in [2.24, 2.45) is 0 Å². The number of carbonyl (C=O) groups excluding carboxylic acids is 1. The maximum absolute atomic E-state index is 11.7. The molecule has 3 N–H and O–H groups in total. The summed E-state index contributed by atoms with van der Waals surface area (Å²) >= 11 is 0. The highest BCUT2D eigenvalue weighted by atomic mass is 16.1. The van der Waals surface area contributed by atoms with Crippen molar-refractivity contribution >= 4 is 11.7 Å². The Labute approximate surface area is 99.2 Å². The van der Waals surface area contributed by atoms with Crippen LogP contribution in [0.4, 0.5) is 5.82 Å². The van der Waals surface area contributed by atoms with Gasteiger partial charge in [0.25, 0.3) is 5.91 Å². The zero-order valence-electron chi connectivity index (χ0n) is 9.55. The Morgan fingerprint density at radius 1 is 1.41 bits per heavy atom. The minimum absolute atomic E-state index is 0.202. The highest BCUT2D eigenvalue weighted by Gasteiger charge is 2.14. The molecule has 5 nitrogen and oxygen atoms in total. The zero-order valence-corrected chi connectivity index (χ0v) is 9.55. The highest BCUT2D eigenvalue weighted by Crippen LogP contribution is 2.16. The smallest absolute Gasteiger partial charge is 0.256 e. The summed E-state index contributed by atoms with van der Waals surface area (Å²) in [5.41, 5.74) is 7.14. The molecule has 0 aliphatic rings. The molecule has 0 atom stereocenters. The Bertz CT molecular complexity index is 519. The molecule has 0 aliphatic heterocycles. The highest BCUT2D eigenvalue weighted by molar-refractivity contribution is 5.98. The fourth-order valence-electron chi connectivity index (χ4n) is 1.56. The summed E-state index contributed by atoms with van der Waals surface area (Å²) in [6.07, 6.45) is 1.48. The summed E-state index contributed by atoms with van der Waals surface area (Å²) in [7, 11) is 0. The number of carbonyl (C=O) groups is 1. The maximum Gasteiger partial charge on any atom is 0.256 e. The van der Waals surface area contributed by atoms with Gasteiger partial charge in [-0.1, -0.05) is 18.2 Å². The van der Waals surface area contributed by atoms with Gasteiger partial charge in [-0.25, -0.2) is 4.68 Å². The molecule has 2 aromatic rings. The van der Waals surface area contributed by atoms with Crippen LogP contribution in [0.2, 0.25) is 0 Å². The van der Waals surface area contributed by atoms with E-state index in [2.05, 4.69) is 10.4 Å². The second kappa shape index (κ2) is 4.69. The van der Waals surface area contributed by atoms with E-state index in [0.717, 1.165) is 5.69 Å². The molecule has 1 heterocycles. The Balaban J connectivity index is 2.37. The molecule has 0 fully saturated rings. The van der Waals surface area contributed by atoms with Gasteiger partial charge in [-0.15, -0.1) is 0 Å². The molecule has 0 unspecified atom stereocenters. The first-order valence-corrected chi connectivity index (χ1v) is 5.41. The third kappa shape index (κ3) is 2.13. The van der Waals surface area contributed by atoms with Crippen LogP contribution in [-0.4, -0.2) is 22.2 Å². The monoisotopic (exact) mass is 230 g/mol. The van der Waals surface area contributed by atoms with E-state index >= 15 is 0 Å². The van der Waals surface area contributed by atoms with E-state index in [4.69, 9.17) is 5.73 Å². The van der Waals surface area contributed by atoms with Crippen molar-refractivity contribution < 1.29 is 4.79 Å². The minimum Gasteiger partial charge on any atom is -0.383 e. The number of anilines is 1. The molecule has 0 bridgehead atoms. The number of amides is 1. The van der Waals surface area contributed by atoms with Crippen molar-refractivity contribution in [3.8, 4) is 5.69 Å². The van der Waals surface area contributed by atoms with Crippen LogP contribution in [-0.2, 0) is 0 Å². The molecule has 17 heavy (non-hydrogen) atoms. The van der Waals surface area contributed by atoms with Gasteiger partial charge >= 0.3 is 0 Å². The average molecular weight is 230 g/mol. The number of nitrogen functional groups attached to an aromatic ring is 1. The predicted molar refractivity (Wildman–Crippen MR) is 66.0 cm³/mol. The van der Waals surface area contributed by atoms with E-state index in [9.17, 15) is 4.79 Å². The van der Waals surface area contributed by atoms with Gasteiger partial charge in [0.1, 0.15) is 11.4 Å². The molecule has 88 valence electrons. The van der Waals surface area contributed by atoms with Crippen molar-refractivity contribution in [1.82, 2.24) is 15.1 Å². The summed E-state index contributed by atoms with van der Waals surface area (Å²) in [5, 5.41) is 6.82. The third-order valence-electron chi connectivity index (χ3n) is 2.39. The third-order valence-corrected chi connectivity index (χ3v) is 2.39. The first-order chi connectivity index (χ1) is 8.24. The number of nitrogens with zero attached hydrogens (tertiary/aromatic N) is 2. The topological polar surface area (TPSA) is 72.9 Å². The first-order valence-electron chi connectivity index (χ1n) is 5.41. The summed E-state index contributed by atoms with van der Waals surface area (Å²) in [6, 6.07) is 9.45. The molecule has 0 saturated carbocycles. The second-order valence-corrected chi connectivity index (χ2v) is 3.55. The molecule has 1 aromatic heterocycles. The summed E-state index contributed by atoms with van der Waals surface area (Å²) in [5.74, 6) is 0.148. The molecule has 0 saturated heterocycles. The Hall–Kier alpha value is -2.30. The fraction of sp³-hybridized carbons (Fsp3) is 0.167. The number of aromatic nitrogens is 2.